The zero-order valence-corrected chi connectivity index (χ0v) is 12.5. The molecule has 1 aromatic carbocycles. The fourth-order valence-corrected chi connectivity index (χ4v) is 3.92. The summed E-state index contributed by atoms with van der Waals surface area (Å²) in [5.74, 6) is 0.422. The number of aliphatic hydroxyl groups is 1. The molecule has 0 radical (unpaired) electrons. The first-order valence-electron chi connectivity index (χ1n) is 5.82. The van der Waals surface area contributed by atoms with Crippen LogP contribution in [0, 0.1) is 0 Å². The molecule has 1 saturated heterocycles. The molecule has 0 aromatic heterocycles. The highest BCUT2D eigenvalue weighted by atomic mass is 79.9. The van der Waals surface area contributed by atoms with Gasteiger partial charge in [0.1, 0.15) is 0 Å². The lowest BCUT2D eigenvalue weighted by Gasteiger charge is -2.29. The van der Waals surface area contributed by atoms with Crippen molar-refractivity contribution in [2.24, 2.45) is 0 Å². The Kier molecular flexibility index (Phi) is 3.99. The summed E-state index contributed by atoms with van der Waals surface area (Å²) in [6.45, 7) is 2.78. The molecule has 100 valence electrons. The zero-order chi connectivity index (χ0) is 13.3. The van der Waals surface area contributed by atoms with Crippen LogP contribution in [0.15, 0.2) is 22.7 Å². The van der Waals surface area contributed by atoms with Crippen molar-refractivity contribution in [3.63, 3.8) is 0 Å². The van der Waals surface area contributed by atoms with Gasteiger partial charge in [0, 0.05) is 23.2 Å². The fourth-order valence-electron chi connectivity index (χ4n) is 2.02. The Balaban J connectivity index is 2.18. The molecule has 1 atom stereocenters. The molecule has 2 rings (SSSR count). The third-order valence-electron chi connectivity index (χ3n) is 3.14. The van der Waals surface area contributed by atoms with Crippen molar-refractivity contribution in [2.75, 3.05) is 29.5 Å². The minimum Gasteiger partial charge on any atom is -0.389 e. The molecule has 1 heterocycles. The van der Waals surface area contributed by atoms with Crippen molar-refractivity contribution >= 4 is 31.5 Å². The van der Waals surface area contributed by atoms with E-state index in [9.17, 15) is 13.5 Å². The molecule has 0 saturated carbocycles. The van der Waals surface area contributed by atoms with E-state index in [0.717, 1.165) is 15.7 Å². The highest BCUT2D eigenvalue weighted by Gasteiger charge is 2.22. The molecular formula is C12H16BrNO3S. The molecular weight excluding hydrogens is 318 g/mol. The van der Waals surface area contributed by atoms with E-state index in [1.807, 2.05) is 18.2 Å². The van der Waals surface area contributed by atoms with Crippen molar-refractivity contribution in [1.82, 2.24) is 0 Å². The first kappa shape index (κ1) is 13.8. The molecule has 0 amide bonds. The van der Waals surface area contributed by atoms with Crippen LogP contribution in [-0.2, 0) is 9.84 Å². The summed E-state index contributed by atoms with van der Waals surface area (Å²) in [5.41, 5.74) is 1.82. The summed E-state index contributed by atoms with van der Waals surface area (Å²) in [4.78, 5) is 2.05. The van der Waals surface area contributed by atoms with Gasteiger partial charge in [-0.3, -0.25) is 0 Å². The number of anilines is 1. The van der Waals surface area contributed by atoms with Crippen molar-refractivity contribution in [3.05, 3.63) is 28.2 Å². The van der Waals surface area contributed by atoms with Crippen LogP contribution in [0.4, 0.5) is 5.69 Å². The maximum absolute atomic E-state index is 11.4. The summed E-state index contributed by atoms with van der Waals surface area (Å²) >= 11 is 3.43. The van der Waals surface area contributed by atoms with Gasteiger partial charge in [0.2, 0.25) is 0 Å². The number of aliphatic hydroxyl groups excluding tert-OH is 1. The van der Waals surface area contributed by atoms with E-state index in [4.69, 9.17) is 0 Å². The second-order valence-electron chi connectivity index (χ2n) is 4.52. The summed E-state index contributed by atoms with van der Waals surface area (Å²) in [7, 11) is -2.85. The highest BCUT2D eigenvalue weighted by molar-refractivity contribution is 9.10. The van der Waals surface area contributed by atoms with Crippen molar-refractivity contribution < 1.29 is 13.5 Å². The molecule has 1 N–H and O–H groups in total. The van der Waals surface area contributed by atoms with Gasteiger partial charge < -0.3 is 10.0 Å². The molecule has 1 fully saturated rings. The first-order chi connectivity index (χ1) is 8.39. The van der Waals surface area contributed by atoms with E-state index >= 15 is 0 Å². The highest BCUT2D eigenvalue weighted by Crippen LogP contribution is 2.28. The van der Waals surface area contributed by atoms with Gasteiger partial charge in [-0.1, -0.05) is 22.0 Å². The van der Waals surface area contributed by atoms with Crippen LogP contribution < -0.4 is 4.90 Å². The zero-order valence-electron chi connectivity index (χ0n) is 10.1. The minimum absolute atomic E-state index is 0.211. The Morgan fingerprint density at radius 3 is 2.44 bits per heavy atom. The lowest BCUT2D eigenvalue weighted by molar-refractivity contribution is 0.198. The fraction of sp³-hybridized carbons (Fsp3) is 0.500. The quantitative estimate of drug-likeness (QED) is 0.895. The Labute approximate surface area is 116 Å². The third-order valence-corrected chi connectivity index (χ3v) is 5.44. The number of rotatable bonds is 2. The third kappa shape index (κ3) is 3.05. The lowest BCUT2D eigenvalue weighted by atomic mass is 10.1. The van der Waals surface area contributed by atoms with Crippen molar-refractivity contribution in [2.45, 2.75) is 13.0 Å². The van der Waals surface area contributed by atoms with Crippen LogP contribution in [0.25, 0.3) is 0 Å². The molecule has 0 bridgehead atoms. The topological polar surface area (TPSA) is 57.6 Å². The maximum atomic E-state index is 11.4. The summed E-state index contributed by atoms with van der Waals surface area (Å²) in [5, 5.41) is 9.55. The second-order valence-corrected chi connectivity index (χ2v) is 7.68. The van der Waals surface area contributed by atoms with Gasteiger partial charge in [0.05, 0.1) is 17.6 Å². The normalized spacial score (nSPS) is 20.7. The van der Waals surface area contributed by atoms with E-state index in [1.54, 1.807) is 6.92 Å². The van der Waals surface area contributed by atoms with Gasteiger partial charge in [0.15, 0.2) is 9.84 Å². The second kappa shape index (κ2) is 5.19. The van der Waals surface area contributed by atoms with Gasteiger partial charge in [-0.2, -0.15) is 0 Å². The number of hydrogen-bond acceptors (Lipinski definition) is 4. The van der Waals surface area contributed by atoms with Gasteiger partial charge in [-0.05, 0) is 24.6 Å². The van der Waals surface area contributed by atoms with Crippen LogP contribution in [0.5, 0.6) is 0 Å². The van der Waals surface area contributed by atoms with E-state index < -0.39 is 15.9 Å². The molecule has 0 aliphatic carbocycles. The average molecular weight is 334 g/mol. The first-order valence-corrected chi connectivity index (χ1v) is 8.43. The Morgan fingerprint density at radius 1 is 1.33 bits per heavy atom. The minimum atomic E-state index is -2.85. The molecule has 4 nitrogen and oxygen atoms in total. The van der Waals surface area contributed by atoms with Crippen LogP contribution in [0.1, 0.15) is 18.6 Å². The Morgan fingerprint density at radius 2 is 1.94 bits per heavy atom. The molecule has 18 heavy (non-hydrogen) atoms. The SMILES string of the molecule is CC(O)c1ccc(N2CCS(=O)(=O)CC2)cc1Br. The van der Waals surface area contributed by atoms with E-state index in [0.29, 0.717) is 13.1 Å². The average Bonchev–Trinajstić information content (AvgIpc) is 2.28. The lowest BCUT2D eigenvalue weighted by Crippen LogP contribution is -2.40. The van der Waals surface area contributed by atoms with Crippen molar-refractivity contribution in [3.8, 4) is 0 Å². The molecule has 1 aliphatic rings. The molecule has 6 heteroatoms. The monoisotopic (exact) mass is 333 g/mol. The molecule has 1 aromatic rings. The number of sulfone groups is 1. The summed E-state index contributed by atoms with van der Waals surface area (Å²) in [6, 6.07) is 5.72. The Hall–Kier alpha value is -0.590. The number of halogens is 1. The van der Waals surface area contributed by atoms with Crippen molar-refractivity contribution in [1.29, 1.82) is 0 Å². The predicted molar refractivity (Wildman–Crippen MR) is 75.6 cm³/mol. The Bertz CT molecular complexity index is 528. The van der Waals surface area contributed by atoms with Crippen LogP contribution in [0.2, 0.25) is 0 Å². The van der Waals surface area contributed by atoms with Gasteiger partial charge in [0.25, 0.3) is 0 Å². The molecule has 1 aliphatic heterocycles. The predicted octanol–water partition coefficient (Wildman–Crippen LogP) is 1.74. The van der Waals surface area contributed by atoms with E-state index in [2.05, 4.69) is 20.8 Å². The maximum Gasteiger partial charge on any atom is 0.153 e. The van der Waals surface area contributed by atoms with Gasteiger partial charge >= 0.3 is 0 Å². The molecule has 0 spiro atoms. The molecule has 1 unspecified atom stereocenters. The number of benzene rings is 1. The summed E-state index contributed by atoms with van der Waals surface area (Å²) < 4.78 is 23.6. The van der Waals surface area contributed by atoms with Crippen LogP contribution in [0.3, 0.4) is 0 Å². The summed E-state index contributed by atoms with van der Waals surface area (Å²) in [6.07, 6.45) is -0.518. The van der Waals surface area contributed by atoms with E-state index in [1.165, 1.54) is 0 Å². The van der Waals surface area contributed by atoms with E-state index in [-0.39, 0.29) is 11.5 Å². The van der Waals surface area contributed by atoms with Crippen LogP contribution in [-0.4, -0.2) is 38.1 Å². The van der Waals surface area contributed by atoms with Crippen LogP contribution >= 0.6 is 15.9 Å². The van der Waals surface area contributed by atoms with Gasteiger partial charge in [-0.25, -0.2) is 8.42 Å². The number of hydrogen-bond donors (Lipinski definition) is 1. The largest absolute Gasteiger partial charge is 0.389 e. The smallest absolute Gasteiger partial charge is 0.153 e. The standard InChI is InChI=1S/C12H16BrNO3S/c1-9(15)11-3-2-10(8-12(11)13)14-4-6-18(16,17)7-5-14/h2-3,8-9,15H,4-7H2,1H3. The van der Waals surface area contributed by atoms with Gasteiger partial charge in [-0.15, -0.1) is 0 Å². The number of nitrogens with zero attached hydrogens (tertiary/aromatic N) is 1.